The van der Waals surface area contributed by atoms with Crippen molar-refractivity contribution in [3.05, 3.63) is 46.8 Å². The molecule has 0 amide bonds. The fourth-order valence-corrected chi connectivity index (χ4v) is 1.35. The molecule has 1 heteroatoms. The highest BCUT2D eigenvalue weighted by Crippen LogP contribution is 2.23. The summed E-state index contributed by atoms with van der Waals surface area (Å²) >= 11 is 0. The van der Waals surface area contributed by atoms with Crippen LogP contribution >= 0.6 is 0 Å². The maximum Gasteiger partial charge on any atom is 0.223 e. The van der Waals surface area contributed by atoms with E-state index < -0.39 is 0 Å². The van der Waals surface area contributed by atoms with E-state index in [0.717, 1.165) is 0 Å². The summed E-state index contributed by atoms with van der Waals surface area (Å²) in [6.07, 6.45) is 0. The summed E-state index contributed by atoms with van der Waals surface area (Å²) in [5.41, 5.74) is 2.49. The Labute approximate surface area is 80.2 Å². The van der Waals surface area contributed by atoms with Crippen molar-refractivity contribution < 1.29 is 0 Å². The lowest BCUT2D eigenvalue weighted by Gasteiger charge is -2.18. The normalized spacial score (nSPS) is 10.9. The third kappa shape index (κ3) is 2.32. The van der Waals surface area contributed by atoms with Gasteiger partial charge in [0.2, 0.25) is 6.54 Å². The molecule has 0 spiro atoms. The van der Waals surface area contributed by atoms with E-state index in [-0.39, 0.29) is 5.41 Å². The second-order valence-corrected chi connectivity index (χ2v) is 4.07. The molecule has 0 aliphatic heterocycles. The topological polar surface area (TPSA) is 4.36 Å². The third-order valence-corrected chi connectivity index (χ3v) is 2.27. The Morgan fingerprint density at radius 3 is 2.62 bits per heavy atom. The minimum atomic E-state index is -0.0201. The third-order valence-electron chi connectivity index (χ3n) is 2.27. The first-order valence-corrected chi connectivity index (χ1v) is 4.46. The molecule has 0 atom stereocenters. The van der Waals surface area contributed by atoms with Crippen LogP contribution in [-0.4, -0.2) is 6.54 Å². The lowest BCUT2D eigenvalue weighted by molar-refractivity contribution is 0.572. The van der Waals surface area contributed by atoms with E-state index in [0.29, 0.717) is 6.54 Å². The summed E-state index contributed by atoms with van der Waals surface area (Å²) in [6, 6.07) is 8.39. The Hall–Kier alpha value is -1.29. The Balaban J connectivity index is 3.01. The Morgan fingerprint density at radius 2 is 2.08 bits per heavy atom. The largest absolute Gasteiger partial charge is 0.316 e. The number of aryl methyl sites for hydroxylation is 1. The van der Waals surface area contributed by atoms with Crippen molar-refractivity contribution in [3.63, 3.8) is 0 Å². The van der Waals surface area contributed by atoms with Crippen molar-refractivity contribution in [3.8, 4) is 0 Å². The van der Waals surface area contributed by atoms with Crippen LogP contribution in [0.4, 0.5) is 0 Å². The average molecular weight is 173 g/mol. The molecule has 68 valence electrons. The SMILES string of the molecule is [C-]#[N+]CC(C)(C)c1cccc(C)c1. The summed E-state index contributed by atoms with van der Waals surface area (Å²) in [7, 11) is 0. The minimum absolute atomic E-state index is 0.0201. The molecule has 1 aromatic rings. The van der Waals surface area contributed by atoms with Crippen molar-refractivity contribution >= 4 is 0 Å². The number of benzene rings is 1. The van der Waals surface area contributed by atoms with Crippen molar-refractivity contribution in [1.29, 1.82) is 0 Å². The first-order valence-electron chi connectivity index (χ1n) is 4.46. The summed E-state index contributed by atoms with van der Waals surface area (Å²) in [5.74, 6) is 0. The van der Waals surface area contributed by atoms with Gasteiger partial charge in [0.05, 0.1) is 5.41 Å². The quantitative estimate of drug-likeness (QED) is 0.605. The highest BCUT2D eigenvalue weighted by molar-refractivity contribution is 5.29. The van der Waals surface area contributed by atoms with Crippen LogP contribution < -0.4 is 0 Å². The van der Waals surface area contributed by atoms with Crippen molar-refractivity contribution in [1.82, 2.24) is 0 Å². The zero-order valence-corrected chi connectivity index (χ0v) is 8.46. The molecule has 13 heavy (non-hydrogen) atoms. The summed E-state index contributed by atoms with van der Waals surface area (Å²) in [6.45, 7) is 13.7. The van der Waals surface area contributed by atoms with Crippen LogP contribution in [0.5, 0.6) is 0 Å². The van der Waals surface area contributed by atoms with Crippen molar-refractivity contribution in [2.45, 2.75) is 26.2 Å². The molecule has 1 rings (SSSR count). The summed E-state index contributed by atoms with van der Waals surface area (Å²) in [4.78, 5) is 3.46. The number of rotatable bonds is 2. The molecule has 0 heterocycles. The van der Waals surface area contributed by atoms with Crippen molar-refractivity contribution in [2.24, 2.45) is 0 Å². The van der Waals surface area contributed by atoms with Crippen LogP contribution in [0.1, 0.15) is 25.0 Å². The molecule has 0 aromatic heterocycles. The molecule has 0 aliphatic carbocycles. The molecule has 0 N–H and O–H groups in total. The maximum absolute atomic E-state index is 6.89. The van der Waals surface area contributed by atoms with Crippen LogP contribution in [0.15, 0.2) is 24.3 Å². The van der Waals surface area contributed by atoms with E-state index in [1.807, 2.05) is 0 Å². The van der Waals surface area contributed by atoms with E-state index >= 15 is 0 Å². The zero-order valence-electron chi connectivity index (χ0n) is 8.46. The molecule has 0 saturated heterocycles. The van der Waals surface area contributed by atoms with Crippen LogP contribution in [0.25, 0.3) is 4.85 Å². The average Bonchev–Trinajstić information content (AvgIpc) is 2.04. The van der Waals surface area contributed by atoms with Gasteiger partial charge >= 0.3 is 0 Å². The van der Waals surface area contributed by atoms with E-state index in [1.165, 1.54) is 11.1 Å². The van der Waals surface area contributed by atoms with Gasteiger partial charge in [-0.25, -0.2) is 6.57 Å². The first-order chi connectivity index (χ1) is 6.06. The van der Waals surface area contributed by atoms with Gasteiger partial charge in [-0.3, -0.25) is 0 Å². The number of nitrogens with zero attached hydrogens (tertiary/aromatic N) is 1. The first kappa shape index (κ1) is 9.80. The lowest BCUT2D eigenvalue weighted by Crippen LogP contribution is -2.20. The fourth-order valence-electron chi connectivity index (χ4n) is 1.35. The van der Waals surface area contributed by atoms with Gasteiger partial charge in [-0.1, -0.05) is 29.8 Å². The van der Waals surface area contributed by atoms with Gasteiger partial charge in [0.25, 0.3) is 0 Å². The zero-order chi connectivity index (χ0) is 9.90. The lowest BCUT2D eigenvalue weighted by atomic mass is 9.84. The molecular formula is C12H15N. The van der Waals surface area contributed by atoms with Crippen LogP contribution in [0.3, 0.4) is 0 Å². The van der Waals surface area contributed by atoms with Crippen molar-refractivity contribution in [2.75, 3.05) is 6.54 Å². The van der Waals surface area contributed by atoms with E-state index in [1.54, 1.807) is 0 Å². The molecule has 1 nitrogen and oxygen atoms in total. The predicted molar refractivity (Wildman–Crippen MR) is 55.7 cm³/mol. The van der Waals surface area contributed by atoms with Gasteiger partial charge in [0, 0.05) is 0 Å². The number of hydrogen-bond acceptors (Lipinski definition) is 0. The van der Waals surface area contributed by atoms with E-state index in [2.05, 4.69) is 49.9 Å². The highest BCUT2D eigenvalue weighted by atomic mass is 14.7. The van der Waals surface area contributed by atoms with E-state index in [4.69, 9.17) is 6.57 Å². The monoisotopic (exact) mass is 173 g/mol. The van der Waals surface area contributed by atoms with Crippen LogP contribution in [0, 0.1) is 13.5 Å². The standard InChI is InChI=1S/C12H15N/c1-10-6-5-7-11(8-10)12(2,3)9-13-4/h5-8H,9H2,1-3H3. The molecule has 0 fully saturated rings. The second kappa shape index (κ2) is 3.62. The van der Waals surface area contributed by atoms with Gasteiger partial charge in [-0.2, -0.15) is 0 Å². The predicted octanol–water partition coefficient (Wildman–Crippen LogP) is 3.19. The van der Waals surface area contributed by atoms with Crippen LogP contribution in [-0.2, 0) is 5.41 Å². The fraction of sp³-hybridized carbons (Fsp3) is 0.417. The maximum atomic E-state index is 6.89. The van der Waals surface area contributed by atoms with Crippen LogP contribution in [0.2, 0.25) is 0 Å². The molecule has 0 aliphatic rings. The van der Waals surface area contributed by atoms with Gasteiger partial charge < -0.3 is 4.85 Å². The molecule has 1 aromatic carbocycles. The Kier molecular flexibility index (Phi) is 2.72. The summed E-state index contributed by atoms with van der Waals surface area (Å²) < 4.78 is 0. The van der Waals surface area contributed by atoms with Gasteiger partial charge in [0.1, 0.15) is 0 Å². The van der Waals surface area contributed by atoms with E-state index in [9.17, 15) is 0 Å². The molecule has 0 radical (unpaired) electrons. The smallest absolute Gasteiger partial charge is 0.223 e. The molecule has 0 saturated carbocycles. The molecule has 0 unspecified atom stereocenters. The van der Waals surface area contributed by atoms with Gasteiger partial charge in [-0.15, -0.1) is 0 Å². The summed E-state index contributed by atoms with van der Waals surface area (Å²) in [5, 5.41) is 0. The molecular weight excluding hydrogens is 158 g/mol. The molecule has 0 bridgehead atoms. The number of hydrogen-bond donors (Lipinski definition) is 0. The minimum Gasteiger partial charge on any atom is -0.316 e. The Morgan fingerprint density at radius 1 is 1.38 bits per heavy atom. The van der Waals surface area contributed by atoms with Gasteiger partial charge in [0.15, 0.2) is 0 Å². The second-order valence-electron chi connectivity index (χ2n) is 4.07. The highest BCUT2D eigenvalue weighted by Gasteiger charge is 2.23. The Bertz CT molecular complexity index is 331. The van der Waals surface area contributed by atoms with Gasteiger partial charge in [-0.05, 0) is 26.3 Å².